The number of fused-ring (bicyclic) bond motifs is 1. The second-order valence-electron chi connectivity index (χ2n) is 20.8. The summed E-state index contributed by atoms with van der Waals surface area (Å²) in [6.45, 7) is 13.2. The van der Waals surface area contributed by atoms with Crippen LogP contribution in [0.5, 0.6) is 5.75 Å². The van der Waals surface area contributed by atoms with Crippen LogP contribution in [0.15, 0.2) is 91.1 Å². The van der Waals surface area contributed by atoms with E-state index in [2.05, 4.69) is 26.6 Å². The minimum Gasteiger partial charge on any atom is -0.494 e. The highest BCUT2D eigenvalue weighted by Gasteiger charge is 2.41. The van der Waals surface area contributed by atoms with Gasteiger partial charge in [0.15, 0.2) is 6.04 Å². The number of hydrogen-bond donors (Lipinski definition) is 5. The molecule has 5 rings (SSSR count). The Morgan fingerprint density at radius 3 is 1.82 bits per heavy atom. The molecule has 0 radical (unpaired) electrons. The molecule has 19 nitrogen and oxygen atoms in total. The van der Waals surface area contributed by atoms with E-state index in [4.69, 9.17) is 23.9 Å². The van der Waals surface area contributed by atoms with E-state index in [1.165, 1.54) is 0 Å². The molecule has 2 heterocycles. The van der Waals surface area contributed by atoms with Crippen molar-refractivity contribution in [2.24, 2.45) is 17.8 Å². The molecule has 0 bridgehead atoms. The summed E-state index contributed by atoms with van der Waals surface area (Å²) < 4.78 is 23.6. The molecule has 1 aliphatic rings. The van der Waals surface area contributed by atoms with Crippen LogP contribution in [-0.4, -0.2) is 110 Å². The summed E-state index contributed by atoms with van der Waals surface area (Å²) in [5.74, 6) is -3.96. The van der Waals surface area contributed by atoms with Crippen LogP contribution in [0.1, 0.15) is 121 Å². The molecule has 0 saturated heterocycles. The zero-order valence-corrected chi connectivity index (χ0v) is 46.1. The highest BCUT2D eigenvalue weighted by atomic mass is 16.5. The molecule has 4 amide bonds. The largest absolute Gasteiger partial charge is 0.494 e. The number of carbonyl (C=O) groups excluding carboxylic acids is 8. The van der Waals surface area contributed by atoms with Crippen molar-refractivity contribution < 1.29 is 61.9 Å². The normalized spacial score (nSPS) is 13.9. The lowest BCUT2D eigenvalue weighted by Crippen LogP contribution is -2.57. The minimum atomic E-state index is -1.61. The predicted octanol–water partition coefficient (Wildman–Crippen LogP) is 5.99. The fraction of sp³-hybridized carbons (Fsp3) is 0.492. The van der Waals surface area contributed by atoms with Crippen molar-refractivity contribution in [2.45, 2.75) is 137 Å². The van der Waals surface area contributed by atoms with E-state index in [9.17, 15) is 38.4 Å². The summed E-state index contributed by atoms with van der Waals surface area (Å²) in [6.07, 6.45) is 4.02. The number of hydrogen-bond acceptors (Lipinski definition) is 14. The molecule has 78 heavy (non-hydrogen) atoms. The molecule has 1 aliphatic heterocycles. The predicted molar refractivity (Wildman–Crippen MR) is 292 cm³/mol. The Morgan fingerprint density at radius 2 is 1.21 bits per heavy atom. The highest BCUT2D eigenvalue weighted by Crippen LogP contribution is 2.26. The number of ether oxygens (including phenoxy) is 4. The third-order valence-corrected chi connectivity index (χ3v) is 12.2. The molecular formula is C59H78N7O12+. The Bertz CT molecular complexity index is 2650. The van der Waals surface area contributed by atoms with Crippen LogP contribution in [0, 0.1) is 17.8 Å². The Morgan fingerprint density at radius 1 is 0.641 bits per heavy atom. The van der Waals surface area contributed by atoms with Crippen molar-refractivity contribution in [3.63, 3.8) is 0 Å². The zero-order valence-electron chi connectivity index (χ0n) is 46.1. The number of benzene rings is 3. The first-order valence-electron chi connectivity index (χ1n) is 27.0. The van der Waals surface area contributed by atoms with Crippen molar-refractivity contribution in [2.75, 3.05) is 38.3 Å². The first kappa shape index (κ1) is 61.2. The van der Waals surface area contributed by atoms with E-state index in [1.807, 2.05) is 126 Å². The summed E-state index contributed by atoms with van der Waals surface area (Å²) in [6, 6.07) is 22.7. The first-order valence-corrected chi connectivity index (χ1v) is 27.0. The van der Waals surface area contributed by atoms with E-state index in [0.717, 1.165) is 54.3 Å². The molecule has 3 aromatic carbocycles. The Hall–Kier alpha value is -7.70. The lowest BCUT2D eigenvalue weighted by molar-refractivity contribution is -0.552. The average molecular weight is 1080 g/mol. The number of anilines is 1. The highest BCUT2D eigenvalue weighted by molar-refractivity contribution is 5.97. The van der Waals surface area contributed by atoms with Gasteiger partial charge in [0.2, 0.25) is 23.6 Å². The molecule has 5 N–H and O–H groups in total. The maximum atomic E-state index is 14.0. The van der Waals surface area contributed by atoms with E-state index < -0.39 is 78.5 Å². The average Bonchev–Trinajstić information content (AvgIpc) is 3.80. The quantitative estimate of drug-likeness (QED) is 0.0163. The van der Waals surface area contributed by atoms with Crippen molar-refractivity contribution in [1.29, 1.82) is 0 Å². The Kier molecular flexibility index (Phi) is 24.7. The van der Waals surface area contributed by atoms with Crippen LogP contribution >= 0.6 is 0 Å². The first-order chi connectivity index (χ1) is 37.3. The second-order valence-corrected chi connectivity index (χ2v) is 20.8. The monoisotopic (exact) mass is 1080 g/mol. The molecule has 0 spiro atoms. The van der Waals surface area contributed by atoms with E-state index >= 15 is 0 Å². The van der Waals surface area contributed by atoms with Crippen molar-refractivity contribution in [3.8, 4) is 17.0 Å². The topological polar surface area (TPSA) is 250 Å². The van der Waals surface area contributed by atoms with E-state index in [-0.39, 0.29) is 62.9 Å². The number of unbranched alkanes of at least 4 members (excludes halogenated alkanes) is 3. The number of nitrogens with zero attached hydrogens (tertiary/aromatic N) is 2. The van der Waals surface area contributed by atoms with Crippen molar-refractivity contribution in [1.82, 2.24) is 26.3 Å². The molecule has 0 aliphatic carbocycles. The summed E-state index contributed by atoms with van der Waals surface area (Å²) in [7, 11) is 0. The standard InChI is InChI=1S/C59H77N7O12/c1-38(2)35-76-52(68)26-25-46(64-58(73)49(33-54(70)78-37-40(5)6)65-57(72)48(61-41(7)67)32-53(69)77-36-39(3)4)56(71)60-27-16-8-9-17-28-75-45-24-18-21-43(29-45)31-50-59(74)66-34-51(44-22-14-11-15-23-44)62-47(55(66)63-50)30-42-19-12-10-13-20-42/h10-15,18-24,29,34,38-40,46,48-50H,8-9,16-17,25-28,30-33,35-37H2,1-7H3,(H4,60,61,64,65,67,71,72,73)/p+1/t46-,48-,49-,50?/m0/s1. The van der Waals surface area contributed by atoms with Gasteiger partial charge in [-0.1, -0.05) is 127 Å². The van der Waals surface area contributed by atoms with Gasteiger partial charge in [0.05, 0.1) is 39.3 Å². The Labute approximate surface area is 457 Å². The lowest BCUT2D eigenvalue weighted by Gasteiger charge is -2.25. The molecule has 4 atom stereocenters. The van der Waals surface area contributed by atoms with Gasteiger partial charge in [0.1, 0.15) is 41.5 Å². The van der Waals surface area contributed by atoms with Crippen molar-refractivity contribution >= 4 is 53.3 Å². The van der Waals surface area contributed by atoms with Gasteiger partial charge in [-0.25, -0.2) is 9.78 Å². The number of esters is 3. The summed E-state index contributed by atoms with van der Waals surface area (Å²) in [4.78, 5) is 111. The minimum absolute atomic E-state index is 0.00647. The molecule has 4 aromatic rings. The fourth-order valence-corrected chi connectivity index (χ4v) is 8.22. The van der Waals surface area contributed by atoms with Gasteiger partial charge < -0.3 is 40.2 Å². The van der Waals surface area contributed by atoms with Crippen LogP contribution in [0.2, 0.25) is 0 Å². The van der Waals surface area contributed by atoms with Crippen LogP contribution in [0.4, 0.5) is 5.82 Å². The zero-order chi connectivity index (χ0) is 56.6. The lowest BCUT2D eigenvalue weighted by atomic mass is 10.1. The Balaban J connectivity index is 1.14. The molecule has 420 valence electrons. The SMILES string of the molecule is CC(=O)N[C@@H](CC(=O)OCC(C)C)C(=O)N[C@@H](CC(=O)OCC(C)C)C(=O)N[C@@H](CCC(=O)OCC(C)C)C(=O)NCCCCCCOc1cccc(CC2Nc3c(Cc4ccccc4)nc(-c4ccccc4)c[n+]3C2=O)c1. The van der Waals surface area contributed by atoms with Gasteiger partial charge in [-0.05, 0) is 60.3 Å². The van der Waals surface area contributed by atoms with Gasteiger partial charge >= 0.3 is 29.6 Å². The number of nitrogens with one attached hydrogen (secondary N) is 5. The van der Waals surface area contributed by atoms with Gasteiger partial charge in [-0.15, -0.1) is 0 Å². The van der Waals surface area contributed by atoms with Gasteiger partial charge in [0.25, 0.3) is 0 Å². The molecule has 0 saturated carbocycles. The van der Waals surface area contributed by atoms with E-state index in [1.54, 1.807) is 10.8 Å². The molecular weight excluding hydrogens is 999 g/mol. The fourth-order valence-electron chi connectivity index (χ4n) is 8.22. The van der Waals surface area contributed by atoms with Crippen LogP contribution in [-0.2, 0) is 60.6 Å². The third kappa shape index (κ3) is 21.0. The van der Waals surface area contributed by atoms with Crippen LogP contribution in [0.25, 0.3) is 11.3 Å². The molecule has 19 heteroatoms. The summed E-state index contributed by atoms with van der Waals surface area (Å²) >= 11 is 0. The molecule has 0 fully saturated rings. The summed E-state index contributed by atoms with van der Waals surface area (Å²) in [5.41, 5.74) is 4.44. The van der Waals surface area contributed by atoms with E-state index in [0.29, 0.717) is 37.4 Å². The number of carbonyl (C=O) groups is 8. The molecule has 1 unspecified atom stereocenters. The second kappa shape index (κ2) is 31.5. The van der Waals surface area contributed by atoms with Crippen LogP contribution < -0.4 is 35.9 Å². The third-order valence-electron chi connectivity index (χ3n) is 12.2. The maximum Gasteiger partial charge on any atom is 0.359 e. The smallest absolute Gasteiger partial charge is 0.359 e. The number of aromatic nitrogens is 2. The van der Waals surface area contributed by atoms with Gasteiger partial charge in [0, 0.05) is 38.3 Å². The van der Waals surface area contributed by atoms with Crippen molar-refractivity contribution in [3.05, 3.63) is 108 Å². The molecule has 1 aromatic heterocycles. The van der Waals surface area contributed by atoms with Crippen LogP contribution in [0.3, 0.4) is 0 Å². The number of amides is 4. The number of rotatable bonds is 32. The van der Waals surface area contributed by atoms with Gasteiger partial charge in [-0.3, -0.25) is 38.9 Å². The summed E-state index contributed by atoms with van der Waals surface area (Å²) in [5, 5.41) is 13.7. The van der Waals surface area contributed by atoms with Gasteiger partial charge in [-0.2, -0.15) is 4.57 Å². The maximum absolute atomic E-state index is 14.0.